The molecule has 3 aromatic rings. The Balaban J connectivity index is 1.88. The maximum absolute atomic E-state index is 14.9. The summed E-state index contributed by atoms with van der Waals surface area (Å²) < 4.78 is 26.8. The molecule has 174 valence electrons. The molecule has 0 N–H and O–H groups in total. The van der Waals surface area contributed by atoms with Crippen LogP contribution < -0.4 is 19.6 Å². The van der Waals surface area contributed by atoms with Crippen molar-refractivity contribution in [2.75, 3.05) is 6.61 Å². The number of ether oxygens (including phenoxy) is 2. The first kappa shape index (κ1) is 23.3. The van der Waals surface area contributed by atoms with Crippen molar-refractivity contribution >= 4 is 29.4 Å². The van der Waals surface area contributed by atoms with Gasteiger partial charge in [-0.3, -0.25) is 14.2 Å². The molecule has 0 amide bonds. The lowest BCUT2D eigenvalue weighted by Gasteiger charge is -2.24. The van der Waals surface area contributed by atoms with Crippen LogP contribution in [0.3, 0.4) is 0 Å². The first-order chi connectivity index (χ1) is 16.3. The first-order valence-corrected chi connectivity index (χ1v) is 11.3. The lowest BCUT2D eigenvalue weighted by molar-refractivity contribution is -0.139. The Hall–Kier alpha value is -3.85. The van der Waals surface area contributed by atoms with Crippen LogP contribution in [0.1, 0.15) is 37.9 Å². The van der Waals surface area contributed by atoms with Crippen molar-refractivity contribution in [3.8, 4) is 5.75 Å². The van der Waals surface area contributed by atoms with E-state index in [9.17, 15) is 18.8 Å². The SMILES string of the molecule is CCOC(=O)C1=C(C)N=c2s/c(=C\c3ccc(OC(C)=O)cc3)c(=O)n2[C@@H]1c1ccccc1F. The Morgan fingerprint density at radius 3 is 2.53 bits per heavy atom. The summed E-state index contributed by atoms with van der Waals surface area (Å²) in [5, 5.41) is 0. The minimum absolute atomic E-state index is 0.122. The van der Waals surface area contributed by atoms with Gasteiger partial charge in [-0.1, -0.05) is 41.7 Å². The molecule has 34 heavy (non-hydrogen) atoms. The number of rotatable bonds is 5. The zero-order valence-electron chi connectivity index (χ0n) is 18.7. The minimum atomic E-state index is -1.01. The van der Waals surface area contributed by atoms with Crippen LogP contribution in [-0.2, 0) is 14.3 Å². The van der Waals surface area contributed by atoms with E-state index in [1.54, 1.807) is 62.4 Å². The van der Waals surface area contributed by atoms with E-state index in [0.717, 1.165) is 11.3 Å². The molecule has 1 aliphatic rings. The molecule has 7 nitrogen and oxygen atoms in total. The fourth-order valence-electron chi connectivity index (χ4n) is 3.73. The molecular formula is C25H21FN2O5S. The number of hydrogen-bond acceptors (Lipinski definition) is 7. The molecule has 9 heteroatoms. The minimum Gasteiger partial charge on any atom is -0.463 e. The number of thiazole rings is 1. The van der Waals surface area contributed by atoms with E-state index in [0.29, 0.717) is 26.3 Å². The molecule has 0 saturated heterocycles. The molecule has 0 saturated carbocycles. The maximum Gasteiger partial charge on any atom is 0.338 e. The summed E-state index contributed by atoms with van der Waals surface area (Å²) in [6, 6.07) is 11.7. The highest BCUT2D eigenvalue weighted by molar-refractivity contribution is 7.07. The van der Waals surface area contributed by atoms with Crippen molar-refractivity contribution in [2.45, 2.75) is 26.8 Å². The average Bonchev–Trinajstić information content (AvgIpc) is 3.09. The number of fused-ring (bicyclic) bond motifs is 1. The molecule has 0 aliphatic carbocycles. The normalized spacial score (nSPS) is 15.5. The highest BCUT2D eigenvalue weighted by Crippen LogP contribution is 2.32. The predicted molar refractivity (Wildman–Crippen MR) is 125 cm³/mol. The van der Waals surface area contributed by atoms with Crippen LogP contribution in [0.2, 0.25) is 0 Å². The van der Waals surface area contributed by atoms with Crippen LogP contribution in [0.4, 0.5) is 4.39 Å². The summed E-state index contributed by atoms with van der Waals surface area (Å²) in [7, 11) is 0. The predicted octanol–water partition coefficient (Wildman–Crippen LogP) is 2.86. The van der Waals surface area contributed by atoms with Crippen molar-refractivity contribution in [3.05, 3.63) is 96.4 Å². The summed E-state index contributed by atoms with van der Waals surface area (Å²) in [6.45, 7) is 4.76. The van der Waals surface area contributed by atoms with Gasteiger partial charge in [0.25, 0.3) is 5.56 Å². The second-order valence-corrected chi connectivity index (χ2v) is 8.50. The topological polar surface area (TPSA) is 87.0 Å². The van der Waals surface area contributed by atoms with Gasteiger partial charge in [0, 0.05) is 12.5 Å². The van der Waals surface area contributed by atoms with E-state index >= 15 is 0 Å². The molecule has 4 rings (SSSR count). The molecule has 0 spiro atoms. The second-order valence-electron chi connectivity index (χ2n) is 7.49. The third kappa shape index (κ3) is 4.47. The quantitative estimate of drug-likeness (QED) is 0.414. The number of carbonyl (C=O) groups is 2. The van der Waals surface area contributed by atoms with E-state index in [4.69, 9.17) is 9.47 Å². The second kappa shape index (κ2) is 9.56. The molecular weight excluding hydrogens is 459 g/mol. The largest absolute Gasteiger partial charge is 0.463 e. The van der Waals surface area contributed by atoms with Crippen LogP contribution in [0, 0.1) is 5.82 Å². The number of hydrogen-bond donors (Lipinski definition) is 0. The summed E-state index contributed by atoms with van der Waals surface area (Å²) in [4.78, 5) is 42.2. The van der Waals surface area contributed by atoms with Crippen molar-refractivity contribution in [1.82, 2.24) is 4.57 Å². The summed E-state index contributed by atoms with van der Waals surface area (Å²) in [5.41, 5.74) is 0.959. The van der Waals surface area contributed by atoms with E-state index in [1.807, 2.05) is 0 Å². The van der Waals surface area contributed by atoms with E-state index in [1.165, 1.54) is 17.6 Å². The van der Waals surface area contributed by atoms with Crippen LogP contribution >= 0.6 is 11.3 Å². The molecule has 0 radical (unpaired) electrons. The summed E-state index contributed by atoms with van der Waals surface area (Å²) >= 11 is 1.14. The first-order valence-electron chi connectivity index (χ1n) is 10.5. The molecule has 1 aliphatic heterocycles. The van der Waals surface area contributed by atoms with E-state index in [-0.39, 0.29) is 17.7 Å². The Labute approximate surface area is 198 Å². The van der Waals surface area contributed by atoms with Crippen molar-refractivity contribution in [1.29, 1.82) is 0 Å². The van der Waals surface area contributed by atoms with Crippen LogP contribution in [0.5, 0.6) is 5.75 Å². The van der Waals surface area contributed by atoms with Crippen molar-refractivity contribution in [2.24, 2.45) is 4.99 Å². The lowest BCUT2D eigenvalue weighted by Crippen LogP contribution is -2.40. The molecule has 0 bridgehead atoms. The number of esters is 2. The Bertz CT molecular complexity index is 1480. The van der Waals surface area contributed by atoms with Crippen LogP contribution in [-0.4, -0.2) is 23.1 Å². The number of allylic oxidation sites excluding steroid dienone is 1. The number of nitrogens with zero attached hydrogens (tertiary/aromatic N) is 2. The third-order valence-electron chi connectivity index (χ3n) is 5.16. The highest BCUT2D eigenvalue weighted by atomic mass is 32.1. The number of benzene rings is 2. The van der Waals surface area contributed by atoms with Gasteiger partial charge in [0.1, 0.15) is 17.6 Å². The van der Waals surface area contributed by atoms with Crippen molar-refractivity contribution < 1.29 is 23.5 Å². The Kier molecular flexibility index (Phi) is 6.56. The van der Waals surface area contributed by atoms with Gasteiger partial charge in [-0.25, -0.2) is 14.2 Å². The van der Waals surface area contributed by atoms with Gasteiger partial charge in [0.05, 0.1) is 22.4 Å². The fraction of sp³-hybridized carbons (Fsp3) is 0.200. The van der Waals surface area contributed by atoms with Gasteiger partial charge in [-0.05, 0) is 43.7 Å². The van der Waals surface area contributed by atoms with Gasteiger partial charge < -0.3 is 9.47 Å². The van der Waals surface area contributed by atoms with Gasteiger partial charge in [0.15, 0.2) is 4.80 Å². The van der Waals surface area contributed by atoms with Gasteiger partial charge in [0.2, 0.25) is 0 Å². The summed E-state index contributed by atoms with van der Waals surface area (Å²) in [5.74, 6) is -1.23. The molecule has 0 fully saturated rings. The molecule has 1 aromatic heterocycles. The maximum atomic E-state index is 14.9. The van der Waals surface area contributed by atoms with E-state index < -0.39 is 29.4 Å². The number of carbonyl (C=O) groups excluding carboxylic acids is 2. The van der Waals surface area contributed by atoms with E-state index in [2.05, 4.69) is 4.99 Å². The highest BCUT2D eigenvalue weighted by Gasteiger charge is 2.34. The zero-order valence-corrected chi connectivity index (χ0v) is 19.5. The molecule has 1 atom stereocenters. The number of halogens is 1. The third-order valence-corrected chi connectivity index (χ3v) is 6.14. The summed E-state index contributed by atoms with van der Waals surface area (Å²) in [6.07, 6.45) is 1.67. The Morgan fingerprint density at radius 1 is 1.18 bits per heavy atom. The standard InChI is InChI=1S/C25H21FN2O5S/c1-4-32-24(31)21-14(2)27-25-28(22(21)18-7-5-6-8-19(18)26)23(30)20(34-25)13-16-9-11-17(12-10-16)33-15(3)29/h5-13,22H,4H2,1-3H3/b20-13-/t22-/m1/s1. The van der Waals surface area contributed by atoms with Crippen LogP contribution in [0.15, 0.2) is 69.6 Å². The zero-order chi connectivity index (χ0) is 24.4. The van der Waals surface area contributed by atoms with Crippen molar-refractivity contribution in [3.63, 3.8) is 0 Å². The monoisotopic (exact) mass is 480 g/mol. The smallest absolute Gasteiger partial charge is 0.338 e. The molecule has 2 aromatic carbocycles. The van der Waals surface area contributed by atoms with Gasteiger partial charge in [-0.15, -0.1) is 0 Å². The van der Waals surface area contributed by atoms with Crippen LogP contribution in [0.25, 0.3) is 6.08 Å². The fourth-order valence-corrected chi connectivity index (χ4v) is 4.78. The van der Waals surface area contributed by atoms with Gasteiger partial charge in [-0.2, -0.15) is 0 Å². The lowest BCUT2D eigenvalue weighted by atomic mass is 9.95. The molecule has 0 unspecified atom stereocenters. The Morgan fingerprint density at radius 2 is 1.88 bits per heavy atom. The molecule has 2 heterocycles. The average molecular weight is 481 g/mol. The number of aromatic nitrogens is 1. The van der Waals surface area contributed by atoms with Gasteiger partial charge >= 0.3 is 11.9 Å².